The molecule has 0 aromatic heterocycles. The Bertz CT molecular complexity index is 629. The first kappa shape index (κ1) is 18.7. The molecule has 1 atom stereocenters. The van der Waals surface area contributed by atoms with Crippen molar-refractivity contribution in [2.24, 2.45) is 5.73 Å². The van der Waals surface area contributed by atoms with Gasteiger partial charge < -0.3 is 25.2 Å². The number of aliphatic carboxylic acids is 1. The van der Waals surface area contributed by atoms with E-state index in [-0.39, 0.29) is 24.7 Å². The van der Waals surface area contributed by atoms with Gasteiger partial charge in [0.25, 0.3) is 11.9 Å². The van der Waals surface area contributed by atoms with E-state index in [1.165, 1.54) is 0 Å². The van der Waals surface area contributed by atoms with E-state index in [4.69, 9.17) is 25.1 Å². The number of carbonyl (C=O) groups is 3. The number of carbonyl (C=O) groups excluding carboxylic acids is 2. The third-order valence-corrected chi connectivity index (χ3v) is 3.60. The van der Waals surface area contributed by atoms with Gasteiger partial charge in [-0.1, -0.05) is 0 Å². The van der Waals surface area contributed by atoms with Crippen molar-refractivity contribution in [3.05, 3.63) is 24.3 Å². The number of rotatable bonds is 3. The predicted molar refractivity (Wildman–Crippen MR) is 89.6 cm³/mol. The van der Waals surface area contributed by atoms with E-state index in [1.807, 2.05) is 12.1 Å². The second kappa shape index (κ2) is 8.45. The highest BCUT2D eigenvalue weighted by Crippen LogP contribution is 2.25. The number of carboxylic acids is 1. The normalized spacial score (nSPS) is 20.0. The smallest absolute Gasteiger partial charge is 0.414 e. The molecular formula is C16H21N3O6. The first-order valence-corrected chi connectivity index (χ1v) is 7.78. The average molecular weight is 351 g/mol. The lowest BCUT2D eigenvalue weighted by molar-refractivity contribution is -0.134. The Morgan fingerprint density at radius 3 is 2.28 bits per heavy atom. The molecule has 0 saturated carbocycles. The summed E-state index contributed by atoms with van der Waals surface area (Å²) in [4.78, 5) is 35.7. The van der Waals surface area contributed by atoms with Gasteiger partial charge in [0, 0.05) is 31.4 Å². The second-order valence-electron chi connectivity index (χ2n) is 5.49. The van der Waals surface area contributed by atoms with Crippen molar-refractivity contribution in [2.75, 3.05) is 42.6 Å². The molecule has 2 aliphatic heterocycles. The zero-order valence-corrected chi connectivity index (χ0v) is 13.9. The Labute approximate surface area is 144 Å². The van der Waals surface area contributed by atoms with E-state index in [0.717, 1.165) is 18.3 Å². The zero-order chi connectivity index (χ0) is 18.4. The molecule has 2 saturated heterocycles. The molecule has 2 heterocycles. The second-order valence-corrected chi connectivity index (χ2v) is 5.49. The number of hydrogen-bond donors (Lipinski definition) is 2. The number of morpholine rings is 1. The van der Waals surface area contributed by atoms with Gasteiger partial charge >= 0.3 is 6.09 Å². The first-order chi connectivity index (χ1) is 11.9. The number of carboxylic acid groups (broad SMARTS) is 1. The summed E-state index contributed by atoms with van der Waals surface area (Å²) >= 11 is 0. The minimum absolute atomic E-state index is 0.0576. The maximum atomic E-state index is 11.8. The minimum Gasteiger partial charge on any atom is -0.481 e. The summed E-state index contributed by atoms with van der Waals surface area (Å²) in [5.41, 5.74) is 7.05. The van der Waals surface area contributed by atoms with Crippen LogP contribution in [0.5, 0.6) is 0 Å². The maximum absolute atomic E-state index is 11.8. The van der Waals surface area contributed by atoms with Crippen molar-refractivity contribution in [3.63, 3.8) is 0 Å². The summed E-state index contributed by atoms with van der Waals surface area (Å²) in [6, 6.07) is 7.25. The van der Waals surface area contributed by atoms with Crippen LogP contribution >= 0.6 is 0 Å². The Hall–Kier alpha value is -2.65. The number of hydrogen-bond acceptors (Lipinski definition) is 6. The van der Waals surface area contributed by atoms with Gasteiger partial charge in [-0.25, -0.2) is 4.79 Å². The molecule has 3 N–H and O–H groups in total. The van der Waals surface area contributed by atoms with E-state index in [1.54, 1.807) is 21.9 Å². The maximum Gasteiger partial charge on any atom is 0.414 e. The summed E-state index contributed by atoms with van der Waals surface area (Å²) in [6.07, 6.45) is -0.654. The standard InChI is InChI=1S/C14H17N3O4.C2H4O2/c15-7-12-8-17(14(19)21-12)11-3-1-10(2-4-11)16-5-6-20-9-13(16)18;1-2(3)4/h1-4,12H,5-9,15H2;1H3,(H,3,4)/t12-;/m0./s1. The number of anilines is 2. The zero-order valence-electron chi connectivity index (χ0n) is 13.9. The van der Waals surface area contributed by atoms with Crippen LogP contribution in [0.25, 0.3) is 0 Å². The molecule has 25 heavy (non-hydrogen) atoms. The van der Waals surface area contributed by atoms with Crippen LogP contribution in [-0.2, 0) is 19.1 Å². The van der Waals surface area contributed by atoms with Crippen LogP contribution < -0.4 is 15.5 Å². The van der Waals surface area contributed by atoms with Gasteiger partial charge in [-0.05, 0) is 24.3 Å². The molecule has 9 nitrogen and oxygen atoms in total. The molecule has 0 bridgehead atoms. The number of nitrogens with zero attached hydrogens (tertiary/aromatic N) is 2. The van der Waals surface area contributed by atoms with E-state index in [0.29, 0.717) is 26.2 Å². The Balaban J connectivity index is 0.000000511. The number of nitrogens with two attached hydrogens (primary N) is 1. The summed E-state index contributed by atoms with van der Waals surface area (Å²) in [7, 11) is 0. The number of amides is 2. The number of ether oxygens (including phenoxy) is 2. The number of benzene rings is 1. The molecule has 3 rings (SSSR count). The van der Waals surface area contributed by atoms with Crippen molar-refractivity contribution in [1.29, 1.82) is 0 Å². The Kier molecular flexibility index (Phi) is 6.31. The van der Waals surface area contributed by atoms with Gasteiger partial charge in [0.05, 0.1) is 13.2 Å². The molecule has 9 heteroatoms. The number of cyclic esters (lactones) is 1. The summed E-state index contributed by atoms with van der Waals surface area (Å²) < 4.78 is 10.2. The van der Waals surface area contributed by atoms with Crippen LogP contribution in [-0.4, -0.2) is 62.0 Å². The molecule has 0 spiro atoms. The van der Waals surface area contributed by atoms with Crippen molar-refractivity contribution >= 4 is 29.3 Å². The first-order valence-electron chi connectivity index (χ1n) is 7.78. The van der Waals surface area contributed by atoms with Gasteiger partial charge in [0.1, 0.15) is 12.7 Å². The molecule has 2 fully saturated rings. The highest BCUT2D eigenvalue weighted by atomic mass is 16.6. The van der Waals surface area contributed by atoms with Crippen molar-refractivity contribution in [1.82, 2.24) is 0 Å². The van der Waals surface area contributed by atoms with Crippen LogP contribution in [0.1, 0.15) is 6.92 Å². The van der Waals surface area contributed by atoms with Crippen LogP contribution in [0.2, 0.25) is 0 Å². The van der Waals surface area contributed by atoms with Crippen molar-refractivity contribution in [3.8, 4) is 0 Å². The van der Waals surface area contributed by atoms with Crippen LogP contribution in [0, 0.1) is 0 Å². The highest BCUT2D eigenvalue weighted by molar-refractivity contribution is 5.95. The van der Waals surface area contributed by atoms with Gasteiger partial charge in [-0.15, -0.1) is 0 Å². The highest BCUT2D eigenvalue weighted by Gasteiger charge is 2.31. The van der Waals surface area contributed by atoms with Crippen molar-refractivity contribution in [2.45, 2.75) is 13.0 Å². The van der Waals surface area contributed by atoms with E-state index in [2.05, 4.69) is 0 Å². The lowest BCUT2D eigenvalue weighted by Crippen LogP contribution is -2.41. The van der Waals surface area contributed by atoms with Gasteiger partial charge in [-0.3, -0.25) is 14.5 Å². The van der Waals surface area contributed by atoms with Crippen LogP contribution in [0.4, 0.5) is 16.2 Å². The van der Waals surface area contributed by atoms with Crippen molar-refractivity contribution < 1.29 is 29.0 Å². The molecule has 2 amide bonds. The molecule has 0 radical (unpaired) electrons. The van der Waals surface area contributed by atoms with Crippen LogP contribution in [0.3, 0.4) is 0 Å². The fourth-order valence-electron chi connectivity index (χ4n) is 2.46. The quantitative estimate of drug-likeness (QED) is 0.809. The summed E-state index contributed by atoms with van der Waals surface area (Å²) in [6.45, 7) is 3.02. The van der Waals surface area contributed by atoms with Gasteiger partial charge in [-0.2, -0.15) is 0 Å². The third kappa shape index (κ3) is 4.91. The lowest BCUT2D eigenvalue weighted by Gasteiger charge is -2.27. The molecule has 0 aliphatic carbocycles. The third-order valence-electron chi connectivity index (χ3n) is 3.60. The average Bonchev–Trinajstić information content (AvgIpc) is 2.96. The molecular weight excluding hydrogens is 330 g/mol. The fourth-order valence-corrected chi connectivity index (χ4v) is 2.46. The molecule has 0 unspecified atom stereocenters. The van der Waals surface area contributed by atoms with Crippen LogP contribution in [0.15, 0.2) is 24.3 Å². The van der Waals surface area contributed by atoms with E-state index < -0.39 is 5.97 Å². The largest absolute Gasteiger partial charge is 0.481 e. The summed E-state index contributed by atoms with van der Waals surface area (Å²) in [5, 5.41) is 7.42. The molecule has 136 valence electrons. The summed E-state index contributed by atoms with van der Waals surface area (Å²) in [5.74, 6) is -0.891. The topological polar surface area (TPSA) is 122 Å². The predicted octanol–water partition coefficient (Wildman–Crippen LogP) is 0.425. The molecule has 2 aliphatic rings. The SMILES string of the molecule is CC(=O)O.NC[C@H]1CN(c2ccc(N3CCOCC3=O)cc2)C(=O)O1. The lowest BCUT2D eigenvalue weighted by atomic mass is 10.2. The van der Waals surface area contributed by atoms with Gasteiger partial charge in [0.2, 0.25) is 0 Å². The monoisotopic (exact) mass is 351 g/mol. The Morgan fingerprint density at radius 1 is 1.24 bits per heavy atom. The van der Waals surface area contributed by atoms with E-state index >= 15 is 0 Å². The Morgan fingerprint density at radius 2 is 1.80 bits per heavy atom. The minimum atomic E-state index is -0.833. The molecule has 1 aromatic carbocycles. The van der Waals surface area contributed by atoms with Gasteiger partial charge in [0.15, 0.2) is 0 Å². The molecule has 1 aromatic rings. The van der Waals surface area contributed by atoms with E-state index in [9.17, 15) is 9.59 Å². The fraction of sp³-hybridized carbons (Fsp3) is 0.438.